The minimum Gasteiger partial charge on any atom is -0.462 e. The molecule has 0 aliphatic rings. The Morgan fingerprint density at radius 1 is 0.411 bits per heavy atom. The zero-order valence-corrected chi connectivity index (χ0v) is 36.4. The van der Waals surface area contributed by atoms with E-state index in [4.69, 9.17) is 14.2 Å². The third-order valence-corrected chi connectivity index (χ3v) is 9.13. The Hall–Kier alpha value is -3.18. The average molecular weight is 777 g/mol. The summed E-state index contributed by atoms with van der Waals surface area (Å²) in [5, 5.41) is 0. The number of carbonyl (C=O) groups excluding carboxylic acids is 2. The highest BCUT2D eigenvalue weighted by molar-refractivity contribution is 5.70. The maximum atomic E-state index is 12.6. The monoisotopic (exact) mass is 777 g/mol. The van der Waals surface area contributed by atoms with E-state index in [-0.39, 0.29) is 25.2 Å². The van der Waals surface area contributed by atoms with E-state index in [1.165, 1.54) is 51.4 Å². The molecule has 56 heavy (non-hydrogen) atoms. The second-order valence-electron chi connectivity index (χ2n) is 14.5. The SMILES string of the molecule is CC/C=C\C/C=C\C/C=C\C/C=C\C/C=C\CCOCC(COC(=O)CCCCCCCCC/C=C\C/C=C\C/C=C\CC)OC(=O)CCCCCCCCC. The molecule has 0 saturated heterocycles. The fourth-order valence-electron chi connectivity index (χ4n) is 5.82. The van der Waals surface area contributed by atoms with Gasteiger partial charge < -0.3 is 14.2 Å². The van der Waals surface area contributed by atoms with E-state index in [2.05, 4.69) is 118 Å². The maximum absolute atomic E-state index is 12.6. The van der Waals surface area contributed by atoms with Crippen LogP contribution >= 0.6 is 0 Å². The molecule has 0 saturated carbocycles. The predicted molar refractivity (Wildman–Crippen MR) is 242 cm³/mol. The van der Waals surface area contributed by atoms with Gasteiger partial charge in [0, 0.05) is 12.8 Å². The molecular formula is C51H84O5. The summed E-state index contributed by atoms with van der Waals surface area (Å²) in [6, 6.07) is 0. The minimum atomic E-state index is -0.580. The second kappa shape index (κ2) is 46.2. The maximum Gasteiger partial charge on any atom is 0.306 e. The Morgan fingerprint density at radius 2 is 0.804 bits per heavy atom. The first-order chi connectivity index (χ1) is 27.6. The second-order valence-corrected chi connectivity index (χ2v) is 14.5. The summed E-state index contributed by atoms with van der Waals surface area (Å²) >= 11 is 0. The van der Waals surface area contributed by atoms with Gasteiger partial charge in [0.15, 0.2) is 6.10 Å². The van der Waals surface area contributed by atoms with Gasteiger partial charge in [0.05, 0.1) is 13.2 Å². The van der Waals surface area contributed by atoms with Gasteiger partial charge in [-0.3, -0.25) is 9.59 Å². The lowest BCUT2D eigenvalue weighted by Gasteiger charge is -2.18. The molecule has 1 unspecified atom stereocenters. The summed E-state index contributed by atoms with van der Waals surface area (Å²) < 4.78 is 17.2. The summed E-state index contributed by atoms with van der Waals surface area (Å²) in [7, 11) is 0. The molecule has 5 heteroatoms. The van der Waals surface area contributed by atoms with Crippen LogP contribution in [0.5, 0.6) is 0 Å². The summed E-state index contributed by atoms with van der Waals surface area (Å²) in [5.74, 6) is -0.462. The van der Waals surface area contributed by atoms with Gasteiger partial charge in [0.2, 0.25) is 0 Å². The number of unbranched alkanes of at least 4 members (excludes halogenated alkanes) is 13. The molecule has 0 amide bonds. The number of carbonyl (C=O) groups is 2. The van der Waals surface area contributed by atoms with Gasteiger partial charge in [-0.1, -0.05) is 189 Å². The molecule has 0 heterocycles. The largest absolute Gasteiger partial charge is 0.462 e. The third kappa shape index (κ3) is 43.5. The topological polar surface area (TPSA) is 61.8 Å². The molecule has 0 fully saturated rings. The number of rotatable bonds is 40. The Morgan fingerprint density at radius 3 is 1.29 bits per heavy atom. The number of hydrogen-bond donors (Lipinski definition) is 0. The lowest BCUT2D eigenvalue weighted by Crippen LogP contribution is -2.30. The van der Waals surface area contributed by atoms with E-state index < -0.39 is 6.10 Å². The lowest BCUT2D eigenvalue weighted by atomic mass is 10.1. The Balaban J connectivity index is 4.29. The van der Waals surface area contributed by atoms with Gasteiger partial charge in [-0.05, 0) is 83.5 Å². The van der Waals surface area contributed by atoms with Crippen molar-refractivity contribution in [3.63, 3.8) is 0 Å². The van der Waals surface area contributed by atoms with Crippen LogP contribution in [0, 0.1) is 0 Å². The van der Waals surface area contributed by atoms with E-state index in [0.29, 0.717) is 19.4 Å². The van der Waals surface area contributed by atoms with Crippen molar-refractivity contribution in [3.8, 4) is 0 Å². The minimum absolute atomic E-state index is 0.0459. The summed E-state index contributed by atoms with van der Waals surface area (Å²) in [6.45, 7) is 7.33. The normalized spacial score (nSPS) is 13.1. The first-order valence-electron chi connectivity index (χ1n) is 22.8. The van der Waals surface area contributed by atoms with E-state index in [1.807, 2.05) is 0 Å². The van der Waals surface area contributed by atoms with Gasteiger partial charge in [-0.15, -0.1) is 0 Å². The quantitative estimate of drug-likeness (QED) is 0.0352. The van der Waals surface area contributed by atoms with Crippen molar-refractivity contribution in [1.82, 2.24) is 0 Å². The zero-order chi connectivity index (χ0) is 40.7. The van der Waals surface area contributed by atoms with Crippen LogP contribution in [0.25, 0.3) is 0 Å². The van der Waals surface area contributed by atoms with E-state index in [0.717, 1.165) is 103 Å². The summed E-state index contributed by atoms with van der Waals surface area (Å²) in [6.07, 6.45) is 61.5. The lowest BCUT2D eigenvalue weighted by molar-refractivity contribution is -0.162. The van der Waals surface area contributed by atoms with Crippen LogP contribution in [-0.2, 0) is 23.8 Å². The standard InChI is InChI=1S/C51H84O5/c1-4-7-10-13-16-18-20-22-24-26-27-29-31-33-36-38-41-44-50(52)55-48-49(56-51(53)45-42-39-35-15-12-9-6-3)47-54-46-43-40-37-34-32-30-28-25-23-21-19-17-14-11-8-5-2/h7-8,10-11,16-19,22-25,30,32,37,40,49H,4-6,9,12-15,20-21,26-29,31,33-36,38-39,41-48H2,1-3H3/b10-7-,11-8-,18-16-,19-17-,24-22-,25-23-,32-30-,40-37-. The molecule has 318 valence electrons. The van der Waals surface area contributed by atoms with Gasteiger partial charge in [-0.25, -0.2) is 0 Å². The number of allylic oxidation sites excluding steroid dienone is 15. The van der Waals surface area contributed by atoms with Crippen molar-refractivity contribution in [1.29, 1.82) is 0 Å². The summed E-state index contributed by atoms with van der Waals surface area (Å²) in [5.41, 5.74) is 0. The van der Waals surface area contributed by atoms with Gasteiger partial charge >= 0.3 is 11.9 Å². The Bertz CT molecular complexity index is 1110. The van der Waals surface area contributed by atoms with Crippen molar-refractivity contribution < 1.29 is 23.8 Å². The molecular weight excluding hydrogens is 693 g/mol. The number of esters is 2. The van der Waals surface area contributed by atoms with Crippen molar-refractivity contribution in [2.75, 3.05) is 19.8 Å². The van der Waals surface area contributed by atoms with Crippen molar-refractivity contribution >= 4 is 11.9 Å². The predicted octanol–water partition coefficient (Wildman–Crippen LogP) is 15.1. The van der Waals surface area contributed by atoms with Crippen molar-refractivity contribution in [3.05, 3.63) is 97.2 Å². The van der Waals surface area contributed by atoms with Crippen LogP contribution in [0.4, 0.5) is 0 Å². The van der Waals surface area contributed by atoms with Gasteiger partial charge in [0.1, 0.15) is 6.61 Å². The van der Waals surface area contributed by atoms with Crippen LogP contribution in [0.3, 0.4) is 0 Å². The first kappa shape index (κ1) is 52.8. The van der Waals surface area contributed by atoms with E-state index in [1.54, 1.807) is 0 Å². The van der Waals surface area contributed by atoms with E-state index >= 15 is 0 Å². The smallest absolute Gasteiger partial charge is 0.306 e. The molecule has 0 aromatic carbocycles. The number of hydrogen-bond acceptors (Lipinski definition) is 5. The molecule has 5 nitrogen and oxygen atoms in total. The molecule has 0 aliphatic heterocycles. The van der Waals surface area contributed by atoms with Gasteiger partial charge in [0.25, 0.3) is 0 Å². The third-order valence-electron chi connectivity index (χ3n) is 9.13. The average Bonchev–Trinajstić information content (AvgIpc) is 3.20. The Kier molecular flexibility index (Phi) is 43.6. The Labute approximate surface area is 345 Å². The van der Waals surface area contributed by atoms with Crippen molar-refractivity contribution in [2.45, 2.75) is 194 Å². The highest BCUT2D eigenvalue weighted by Crippen LogP contribution is 2.12. The molecule has 0 bridgehead atoms. The molecule has 0 rings (SSSR count). The molecule has 0 aliphatic carbocycles. The van der Waals surface area contributed by atoms with Crippen LogP contribution in [0.15, 0.2) is 97.2 Å². The molecule has 1 atom stereocenters. The van der Waals surface area contributed by atoms with Crippen molar-refractivity contribution in [2.24, 2.45) is 0 Å². The first-order valence-corrected chi connectivity index (χ1v) is 22.8. The van der Waals surface area contributed by atoms with Crippen LogP contribution < -0.4 is 0 Å². The van der Waals surface area contributed by atoms with Crippen LogP contribution in [0.1, 0.15) is 188 Å². The number of ether oxygens (including phenoxy) is 3. The van der Waals surface area contributed by atoms with Gasteiger partial charge in [-0.2, -0.15) is 0 Å². The molecule has 0 N–H and O–H groups in total. The fourth-order valence-corrected chi connectivity index (χ4v) is 5.82. The van der Waals surface area contributed by atoms with E-state index in [9.17, 15) is 9.59 Å². The summed E-state index contributed by atoms with van der Waals surface area (Å²) in [4.78, 5) is 25.1. The molecule has 0 aromatic heterocycles. The molecule has 0 aromatic rings. The molecule has 0 radical (unpaired) electrons. The highest BCUT2D eigenvalue weighted by Gasteiger charge is 2.17. The zero-order valence-electron chi connectivity index (χ0n) is 36.4. The fraction of sp³-hybridized carbons (Fsp3) is 0.647. The highest BCUT2D eigenvalue weighted by atomic mass is 16.6. The van der Waals surface area contributed by atoms with Crippen LogP contribution in [-0.4, -0.2) is 37.9 Å². The molecule has 0 spiro atoms. The van der Waals surface area contributed by atoms with Crippen LogP contribution in [0.2, 0.25) is 0 Å².